The van der Waals surface area contributed by atoms with Crippen molar-refractivity contribution in [2.45, 2.75) is 165 Å². The van der Waals surface area contributed by atoms with Crippen molar-refractivity contribution in [1.29, 1.82) is 0 Å². The first-order valence-corrected chi connectivity index (χ1v) is 22.8. The highest BCUT2D eigenvalue weighted by atomic mass is 19.1. The van der Waals surface area contributed by atoms with E-state index in [9.17, 15) is 14.3 Å². The third-order valence-corrected chi connectivity index (χ3v) is 15.1. The average Bonchev–Trinajstić information content (AvgIpc) is 3.82. The van der Waals surface area contributed by atoms with E-state index in [0.717, 1.165) is 19.3 Å². The molecule has 5 fully saturated rings. The molecule has 0 radical (unpaired) electrons. The molecule has 342 valence electrons. The maximum Gasteiger partial charge on any atom is 0.306 e. The molecule has 1 aromatic rings. The summed E-state index contributed by atoms with van der Waals surface area (Å²) in [6.07, 6.45) is 2.67. The standard InChI is InChI=1S/C47H71FN2O11/c1-10-29-15-12-16-37(61-39-18-17-36(50(5)6)25(3)57-39)24(2)42(52)35-22-32-31-20-30(60-47-46(56-9)45(55-8)44(54-7)26(4)58-47)21-34(31)43(53)41(40(32)33(35)23-38(51)59-29)49-28-14-11-13-27(48)19-28/h11,13-14,19,22,24-26,29-34,36-37,39-41,43-47,49,53H,10,12,15-18,20-21,23H2,1-9H3/t24-,25?,26?,29+,30+,31+,32+,33-,34-,36+,37+,39+,40-,41-,43-,44+,45?,46+,47+/m1/s1. The van der Waals surface area contributed by atoms with Crippen molar-refractivity contribution in [2.24, 2.45) is 35.5 Å². The van der Waals surface area contributed by atoms with Gasteiger partial charge in [0.1, 0.15) is 30.2 Å². The molecule has 14 heteroatoms. The van der Waals surface area contributed by atoms with Gasteiger partial charge in [0.15, 0.2) is 18.4 Å². The first kappa shape index (κ1) is 46.5. The molecular weight excluding hydrogens is 788 g/mol. The average molecular weight is 859 g/mol. The summed E-state index contributed by atoms with van der Waals surface area (Å²) >= 11 is 0. The monoisotopic (exact) mass is 859 g/mol. The fourth-order valence-corrected chi connectivity index (χ4v) is 12.0. The van der Waals surface area contributed by atoms with Crippen molar-refractivity contribution in [3.8, 4) is 0 Å². The van der Waals surface area contributed by atoms with E-state index in [-0.39, 0.29) is 78.4 Å². The molecule has 0 bridgehead atoms. The van der Waals surface area contributed by atoms with Crippen molar-refractivity contribution >= 4 is 17.4 Å². The van der Waals surface area contributed by atoms with Crippen LogP contribution in [0.5, 0.6) is 0 Å². The summed E-state index contributed by atoms with van der Waals surface area (Å²) in [4.78, 5) is 31.3. The normalized spacial score (nSPS) is 43.3. The zero-order chi connectivity index (χ0) is 43.7. The Bertz CT molecular complexity index is 1680. The Morgan fingerprint density at radius 1 is 0.902 bits per heavy atom. The number of rotatable bonds is 11. The number of hydrogen-bond donors (Lipinski definition) is 2. The molecule has 7 rings (SSSR count). The molecular formula is C47H71FN2O11. The number of ketones is 1. The second-order valence-corrected chi connectivity index (χ2v) is 18.8. The van der Waals surface area contributed by atoms with Crippen LogP contribution in [0.1, 0.15) is 85.5 Å². The number of carbonyl (C=O) groups excluding carboxylic acids is 2. The second kappa shape index (κ2) is 20.1. The molecule has 1 aromatic carbocycles. The predicted molar refractivity (Wildman–Crippen MR) is 225 cm³/mol. The Kier molecular flexibility index (Phi) is 15.3. The molecule has 6 aliphatic rings. The summed E-state index contributed by atoms with van der Waals surface area (Å²) in [5.74, 6) is -2.83. The molecule has 0 aromatic heterocycles. The number of esters is 1. The number of ether oxygens (including phenoxy) is 8. The third kappa shape index (κ3) is 9.78. The molecule has 19 atom stereocenters. The lowest BCUT2D eigenvalue weighted by Gasteiger charge is -2.47. The molecule has 3 saturated heterocycles. The minimum Gasteiger partial charge on any atom is -0.462 e. The molecule has 13 nitrogen and oxygen atoms in total. The Hall–Kier alpha value is -2.53. The quantitative estimate of drug-likeness (QED) is 0.255. The molecule has 3 aliphatic carbocycles. The molecule has 0 amide bonds. The van der Waals surface area contributed by atoms with Crippen LogP contribution in [0.3, 0.4) is 0 Å². The fraction of sp³-hybridized carbons (Fsp3) is 0.787. The lowest BCUT2D eigenvalue weighted by molar-refractivity contribution is -0.314. The number of benzene rings is 1. The van der Waals surface area contributed by atoms with Crippen molar-refractivity contribution in [3.05, 3.63) is 41.7 Å². The van der Waals surface area contributed by atoms with Gasteiger partial charge < -0.3 is 53.2 Å². The number of fused-ring (bicyclic) bond motifs is 5. The summed E-state index contributed by atoms with van der Waals surface area (Å²) in [6.45, 7) is 7.96. The van der Waals surface area contributed by atoms with E-state index >= 15 is 4.79 Å². The summed E-state index contributed by atoms with van der Waals surface area (Å²) in [5.41, 5.74) is 1.09. The first-order chi connectivity index (χ1) is 29.3. The molecule has 0 spiro atoms. The van der Waals surface area contributed by atoms with Gasteiger partial charge in [-0.05, 0) is 127 Å². The number of allylic oxidation sites excluding steroid dienone is 2. The van der Waals surface area contributed by atoms with Crippen LogP contribution >= 0.6 is 0 Å². The van der Waals surface area contributed by atoms with Crippen molar-refractivity contribution in [1.82, 2.24) is 4.90 Å². The number of hydrogen-bond acceptors (Lipinski definition) is 13. The number of anilines is 1. The van der Waals surface area contributed by atoms with E-state index in [2.05, 4.69) is 37.3 Å². The van der Waals surface area contributed by atoms with Gasteiger partial charge in [-0.25, -0.2) is 4.39 Å². The highest BCUT2D eigenvalue weighted by Crippen LogP contribution is 2.57. The predicted octanol–water partition coefficient (Wildman–Crippen LogP) is 5.91. The zero-order valence-corrected chi connectivity index (χ0v) is 37.6. The topological polar surface area (TPSA) is 143 Å². The van der Waals surface area contributed by atoms with E-state index in [4.69, 9.17) is 37.9 Å². The van der Waals surface area contributed by atoms with Gasteiger partial charge in [0.25, 0.3) is 0 Å². The number of carbonyl (C=O) groups is 2. The Morgan fingerprint density at radius 3 is 2.31 bits per heavy atom. The van der Waals surface area contributed by atoms with Crippen LogP contribution in [0.2, 0.25) is 0 Å². The number of aliphatic hydroxyl groups excluding tert-OH is 1. The smallest absolute Gasteiger partial charge is 0.306 e. The van der Waals surface area contributed by atoms with Gasteiger partial charge in [0.05, 0.1) is 43.0 Å². The van der Waals surface area contributed by atoms with Crippen molar-refractivity contribution in [2.75, 3.05) is 40.7 Å². The van der Waals surface area contributed by atoms with Crippen molar-refractivity contribution < 1.29 is 57.0 Å². The number of nitrogens with zero attached hydrogens (tertiary/aromatic N) is 1. The van der Waals surface area contributed by atoms with E-state index in [1.807, 2.05) is 20.8 Å². The fourth-order valence-electron chi connectivity index (χ4n) is 12.0. The number of likely N-dealkylation sites (N-methyl/N-ethyl adjacent to an activating group) is 1. The highest BCUT2D eigenvalue weighted by molar-refractivity contribution is 5.99. The van der Waals surface area contributed by atoms with Crippen LogP contribution in [0.15, 0.2) is 35.9 Å². The Balaban J connectivity index is 1.21. The summed E-state index contributed by atoms with van der Waals surface area (Å²) in [7, 11) is 8.97. The molecule has 3 heterocycles. The first-order valence-electron chi connectivity index (χ1n) is 22.8. The Labute approximate surface area is 361 Å². The minimum absolute atomic E-state index is 0.0174. The zero-order valence-electron chi connectivity index (χ0n) is 37.6. The van der Waals surface area contributed by atoms with Gasteiger partial charge in [0.2, 0.25) is 0 Å². The van der Waals surface area contributed by atoms with Gasteiger partial charge in [-0.2, -0.15) is 0 Å². The minimum atomic E-state index is -0.911. The van der Waals surface area contributed by atoms with Crippen LogP contribution in [0.25, 0.3) is 0 Å². The molecule has 3 unspecified atom stereocenters. The number of nitrogens with one attached hydrogen (secondary N) is 1. The van der Waals surface area contributed by atoms with E-state index in [0.29, 0.717) is 43.4 Å². The van der Waals surface area contributed by atoms with Gasteiger partial charge in [0, 0.05) is 44.9 Å². The second-order valence-electron chi connectivity index (χ2n) is 18.8. The Morgan fingerprint density at radius 2 is 1.64 bits per heavy atom. The summed E-state index contributed by atoms with van der Waals surface area (Å²) in [6, 6.07) is 5.85. The molecule has 3 aliphatic heterocycles. The molecule has 2 saturated carbocycles. The van der Waals surface area contributed by atoms with Gasteiger partial charge in [-0.15, -0.1) is 0 Å². The van der Waals surface area contributed by atoms with Gasteiger partial charge in [-0.3, -0.25) is 9.59 Å². The lowest BCUT2D eigenvalue weighted by Crippen LogP contribution is -2.59. The number of aliphatic hydroxyl groups is 1. The number of methoxy groups -OCH3 is 3. The van der Waals surface area contributed by atoms with Crippen LogP contribution in [-0.4, -0.2) is 137 Å². The van der Waals surface area contributed by atoms with Crippen LogP contribution in [0, 0.1) is 41.3 Å². The number of halogens is 1. The van der Waals surface area contributed by atoms with Crippen LogP contribution < -0.4 is 5.32 Å². The van der Waals surface area contributed by atoms with Gasteiger partial charge in [-0.1, -0.05) is 26.0 Å². The highest BCUT2D eigenvalue weighted by Gasteiger charge is 2.60. The largest absolute Gasteiger partial charge is 0.462 e. The number of cyclic esters (lactones) is 1. The maximum absolute atomic E-state index is 15.1. The van der Waals surface area contributed by atoms with Crippen molar-refractivity contribution in [3.63, 3.8) is 0 Å². The van der Waals surface area contributed by atoms with E-state index in [1.54, 1.807) is 33.5 Å². The maximum atomic E-state index is 15.1. The van der Waals surface area contributed by atoms with Crippen LogP contribution in [-0.2, 0) is 47.5 Å². The summed E-state index contributed by atoms with van der Waals surface area (Å²) < 4.78 is 64.6. The number of Topliss-reactive ketones (excluding diaryl/α,β-unsaturated/α-hetero) is 1. The van der Waals surface area contributed by atoms with Gasteiger partial charge >= 0.3 is 5.97 Å². The van der Waals surface area contributed by atoms with E-state index < -0.39 is 60.7 Å². The SMILES string of the molecule is CC[C@H]1CCC[C@H](O[C@H]2CC[C@H](N(C)C)C(C)O2)[C@@H](C)C(=O)C2=C[C@H]3[C@@H]4C[C@H](O[C@@H]5OC(C)[C@H](OC)C(OC)[C@@H]5OC)C[C@H]4[C@@H](O)[C@H](Nc4cccc(F)c4)[C@H]3[C@@H]2CC(=O)O1. The van der Waals surface area contributed by atoms with E-state index in [1.165, 1.54) is 12.1 Å². The summed E-state index contributed by atoms with van der Waals surface area (Å²) in [5, 5.41) is 16.0. The molecule has 61 heavy (non-hydrogen) atoms. The molecule has 2 N–H and O–H groups in total. The lowest BCUT2D eigenvalue weighted by atomic mass is 9.62. The van der Waals surface area contributed by atoms with Crippen LogP contribution in [0.4, 0.5) is 10.1 Å². The third-order valence-electron chi connectivity index (χ3n) is 15.1.